The Hall–Kier alpha value is -2.77. The number of nitrogens with zero attached hydrogens (tertiary/aromatic N) is 2. The Morgan fingerprint density at radius 1 is 1.06 bits per heavy atom. The summed E-state index contributed by atoms with van der Waals surface area (Å²) in [7, 11) is 0. The molecule has 7 nitrogen and oxygen atoms in total. The van der Waals surface area contributed by atoms with Crippen LogP contribution in [0.4, 0.5) is 11.4 Å². The van der Waals surface area contributed by atoms with E-state index in [0.717, 1.165) is 19.3 Å². The van der Waals surface area contributed by atoms with E-state index < -0.39 is 6.10 Å². The standard InChI is InChI=1S/C23H23Cl2N3O4/c1-14-23(31)28(13-21(29)27-9-3-2-4-10-27)19-12-16(6-8-20(19)32-14)26-22(30)15-5-7-17(24)18(25)11-15/h5-8,11-12,14H,2-4,9-10,13H2,1H3,(H,26,30). The molecule has 1 N–H and O–H groups in total. The van der Waals surface area contributed by atoms with Crippen molar-refractivity contribution in [3.8, 4) is 5.75 Å². The monoisotopic (exact) mass is 475 g/mol. The lowest BCUT2D eigenvalue weighted by Crippen LogP contribution is -2.50. The summed E-state index contributed by atoms with van der Waals surface area (Å²) in [6.07, 6.45) is 2.36. The summed E-state index contributed by atoms with van der Waals surface area (Å²) in [5, 5.41) is 3.42. The van der Waals surface area contributed by atoms with Gasteiger partial charge in [-0.25, -0.2) is 0 Å². The lowest BCUT2D eigenvalue weighted by atomic mass is 10.1. The summed E-state index contributed by atoms with van der Waals surface area (Å²) in [6, 6.07) is 9.60. The second-order valence-electron chi connectivity index (χ2n) is 7.89. The van der Waals surface area contributed by atoms with E-state index in [-0.39, 0.29) is 29.3 Å². The molecule has 2 heterocycles. The molecule has 32 heavy (non-hydrogen) atoms. The van der Waals surface area contributed by atoms with Crippen molar-refractivity contribution in [3.05, 3.63) is 52.0 Å². The topological polar surface area (TPSA) is 79.0 Å². The van der Waals surface area contributed by atoms with E-state index in [2.05, 4.69) is 5.32 Å². The molecule has 1 saturated heterocycles. The summed E-state index contributed by atoms with van der Waals surface area (Å²) < 4.78 is 5.71. The summed E-state index contributed by atoms with van der Waals surface area (Å²) in [4.78, 5) is 41.6. The van der Waals surface area contributed by atoms with Crippen molar-refractivity contribution in [1.82, 2.24) is 4.90 Å². The smallest absolute Gasteiger partial charge is 0.268 e. The molecule has 1 atom stereocenters. The molecule has 0 radical (unpaired) electrons. The fourth-order valence-electron chi connectivity index (χ4n) is 3.87. The Labute approximate surface area is 196 Å². The van der Waals surface area contributed by atoms with Crippen molar-refractivity contribution in [2.75, 3.05) is 29.9 Å². The zero-order chi connectivity index (χ0) is 22.8. The van der Waals surface area contributed by atoms with Crippen LogP contribution in [0.2, 0.25) is 10.0 Å². The van der Waals surface area contributed by atoms with Crippen molar-refractivity contribution in [2.45, 2.75) is 32.3 Å². The van der Waals surface area contributed by atoms with Gasteiger partial charge in [-0.1, -0.05) is 23.2 Å². The predicted molar refractivity (Wildman–Crippen MR) is 124 cm³/mol. The number of carbonyl (C=O) groups is 3. The van der Waals surface area contributed by atoms with E-state index >= 15 is 0 Å². The molecular weight excluding hydrogens is 453 g/mol. The highest BCUT2D eigenvalue weighted by Crippen LogP contribution is 2.36. The summed E-state index contributed by atoms with van der Waals surface area (Å²) in [6.45, 7) is 3.01. The Balaban J connectivity index is 1.56. The molecule has 9 heteroatoms. The minimum Gasteiger partial charge on any atom is -0.479 e. The van der Waals surface area contributed by atoms with Crippen molar-refractivity contribution < 1.29 is 19.1 Å². The first-order valence-corrected chi connectivity index (χ1v) is 11.3. The van der Waals surface area contributed by atoms with E-state index in [9.17, 15) is 14.4 Å². The number of benzene rings is 2. The molecule has 4 rings (SSSR count). The maximum absolute atomic E-state index is 12.8. The van der Waals surface area contributed by atoms with Crippen LogP contribution in [0.25, 0.3) is 0 Å². The van der Waals surface area contributed by atoms with Crippen molar-refractivity contribution in [3.63, 3.8) is 0 Å². The van der Waals surface area contributed by atoms with Gasteiger partial charge in [0.1, 0.15) is 12.3 Å². The number of fused-ring (bicyclic) bond motifs is 1. The zero-order valence-electron chi connectivity index (χ0n) is 17.6. The molecule has 0 aliphatic carbocycles. The van der Waals surface area contributed by atoms with E-state index in [1.165, 1.54) is 11.0 Å². The van der Waals surface area contributed by atoms with Crippen LogP contribution in [0.1, 0.15) is 36.5 Å². The number of nitrogens with one attached hydrogen (secondary N) is 1. The molecule has 2 aliphatic rings. The third-order valence-electron chi connectivity index (χ3n) is 5.61. The Morgan fingerprint density at radius 3 is 2.53 bits per heavy atom. The van der Waals surface area contributed by atoms with Gasteiger partial charge in [-0.2, -0.15) is 0 Å². The number of halogens is 2. The van der Waals surface area contributed by atoms with Crippen LogP contribution in [-0.4, -0.2) is 48.4 Å². The van der Waals surface area contributed by atoms with Gasteiger partial charge < -0.3 is 15.0 Å². The van der Waals surface area contributed by atoms with Crippen LogP contribution in [0.15, 0.2) is 36.4 Å². The number of ether oxygens (including phenoxy) is 1. The Morgan fingerprint density at radius 2 is 1.81 bits per heavy atom. The van der Waals surface area contributed by atoms with Gasteiger partial charge >= 0.3 is 0 Å². The molecule has 1 fully saturated rings. The van der Waals surface area contributed by atoms with Crippen LogP contribution in [-0.2, 0) is 9.59 Å². The van der Waals surface area contributed by atoms with Crippen molar-refractivity contribution in [1.29, 1.82) is 0 Å². The molecule has 2 aromatic rings. The summed E-state index contributed by atoms with van der Waals surface area (Å²) >= 11 is 11.9. The Bertz CT molecular complexity index is 1070. The van der Waals surface area contributed by atoms with Crippen LogP contribution in [0.3, 0.4) is 0 Å². The first kappa shape index (κ1) is 22.4. The minimum atomic E-state index is -0.701. The number of amides is 3. The van der Waals surface area contributed by atoms with Gasteiger partial charge in [-0.3, -0.25) is 19.3 Å². The average molecular weight is 476 g/mol. The molecule has 3 amide bonds. The highest BCUT2D eigenvalue weighted by atomic mass is 35.5. The quantitative estimate of drug-likeness (QED) is 0.711. The van der Waals surface area contributed by atoms with Crippen LogP contribution in [0, 0.1) is 0 Å². The molecule has 2 aromatic carbocycles. The van der Waals surface area contributed by atoms with E-state index in [4.69, 9.17) is 27.9 Å². The van der Waals surface area contributed by atoms with Gasteiger partial charge in [0, 0.05) is 24.3 Å². The van der Waals surface area contributed by atoms with Crippen LogP contribution in [0.5, 0.6) is 5.75 Å². The number of anilines is 2. The van der Waals surface area contributed by atoms with Crippen molar-refractivity contribution >= 4 is 52.3 Å². The zero-order valence-corrected chi connectivity index (χ0v) is 19.1. The fraction of sp³-hybridized carbons (Fsp3) is 0.348. The van der Waals surface area contributed by atoms with Crippen molar-refractivity contribution in [2.24, 2.45) is 0 Å². The van der Waals surface area contributed by atoms with Gasteiger partial charge in [0.15, 0.2) is 6.10 Å². The second kappa shape index (κ2) is 9.38. The Kier molecular flexibility index (Phi) is 6.58. The number of likely N-dealkylation sites (tertiary alicyclic amines) is 1. The van der Waals surface area contributed by atoms with Gasteiger partial charge in [-0.05, 0) is 62.6 Å². The summed E-state index contributed by atoms with van der Waals surface area (Å²) in [5.41, 5.74) is 1.25. The third kappa shape index (κ3) is 4.69. The third-order valence-corrected chi connectivity index (χ3v) is 6.35. The highest BCUT2D eigenvalue weighted by Gasteiger charge is 2.34. The number of hydrogen-bond donors (Lipinski definition) is 1. The lowest BCUT2D eigenvalue weighted by Gasteiger charge is -2.35. The predicted octanol–water partition coefficient (Wildman–Crippen LogP) is 4.37. The van der Waals surface area contributed by atoms with E-state index in [1.54, 1.807) is 42.2 Å². The fourth-order valence-corrected chi connectivity index (χ4v) is 4.17. The summed E-state index contributed by atoms with van der Waals surface area (Å²) in [5.74, 6) is -0.286. The largest absolute Gasteiger partial charge is 0.479 e. The molecule has 0 bridgehead atoms. The second-order valence-corrected chi connectivity index (χ2v) is 8.71. The van der Waals surface area contributed by atoms with Crippen LogP contribution < -0.4 is 15.0 Å². The maximum atomic E-state index is 12.8. The average Bonchev–Trinajstić information content (AvgIpc) is 2.79. The molecule has 0 aromatic heterocycles. The minimum absolute atomic E-state index is 0.0657. The molecule has 0 saturated carbocycles. The van der Waals surface area contributed by atoms with E-state index in [0.29, 0.717) is 40.8 Å². The highest BCUT2D eigenvalue weighted by molar-refractivity contribution is 6.42. The maximum Gasteiger partial charge on any atom is 0.268 e. The van der Waals surface area contributed by atoms with Crippen LogP contribution >= 0.6 is 23.2 Å². The SMILES string of the molecule is CC1Oc2ccc(NC(=O)c3ccc(Cl)c(Cl)c3)cc2N(CC(=O)N2CCCCC2)C1=O. The van der Waals surface area contributed by atoms with Gasteiger partial charge in [0.05, 0.1) is 15.7 Å². The number of rotatable bonds is 4. The molecule has 1 unspecified atom stereocenters. The lowest BCUT2D eigenvalue weighted by molar-refractivity contribution is -0.133. The first-order chi connectivity index (χ1) is 15.3. The van der Waals surface area contributed by atoms with Gasteiger partial charge in [0.25, 0.3) is 11.8 Å². The molecule has 168 valence electrons. The molecule has 2 aliphatic heterocycles. The number of carbonyl (C=O) groups excluding carboxylic acids is 3. The van der Waals surface area contributed by atoms with Gasteiger partial charge in [0.2, 0.25) is 5.91 Å². The normalized spacial score (nSPS) is 18.1. The number of piperidine rings is 1. The van der Waals surface area contributed by atoms with Gasteiger partial charge in [-0.15, -0.1) is 0 Å². The first-order valence-electron chi connectivity index (χ1n) is 10.5. The number of hydrogen-bond acceptors (Lipinski definition) is 4. The molecule has 0 spiro atoms. The van der Waals surface area contributed by atoms with E-state index in [1.807, 2.05) is 0 Å². The molecular formula is C23H23Cl2N3O4.